The van der Waals surface area contributed by atoms with Crippen molar-refractivity contribution < 1.29 is 22.4 Å². The maximum Gasteiger partial charge on any atom is 0.416 e. The van der Waals surface area contributed by atoms with Crippen LogP contribution in [-0.4, -0.2) is 30.4 Å². The van der Waals surface area contributed by atoms with Crippen molar-refractivity contribution in [3.8, 4) is 0 Å². The molecule has 27 heavy (non-hydrogen) atoms. The second kappa shape index (κ2) is 7.68. The first-order valence-corrected chi connectivity index (χ1v) is 8.68. The molecule has 0 spiro atoms. The molecule has 3 rings (SSSR count). The lowest BCUT2D eigenvalue weighted by atomic mass is 9.88. The van der Waals surface area contributed by atoms with Gasteiger partial charge in [0.25, 0.3) is 0 Å². The highest BCUT2D eigenvalue weighted by atomic mass is 19.4. The molecular formula is C20H20F4N2O. The Labute approximate surface area is 154 Å². The number of nitrogens with zero attached hydrogens (tertiary/aromatic N) is 1. The number of likely N-dealkylation sites (tertiary alicyclic amines) is 1. The minimum Gasteiger partial charge on any atom is -0.369 e. The first kappa shape index (κ1) is 19.4. The molecule has 1 heterocycles. The molecule has 1 amide bonds. The van der Waals surface area contributed by atoms with Crippen LogP contribution >= 0.6 is 0 Å². The Morgan fingerprint density at radius 2 is 1.74 bits per heavy atom. The van der Waals surface area contributed by atoms with Crippen molar-refractivity contribution in [2.75, 3.05) is 19.6 Å². The van der Waals surface area contributed by atoms with E-state index < -0.39 is 23.6 Å². The third-order valence-electron chi connectivity index (χ3n) is 5.08. The van der Waals surface area contributed by atoms with Crippen molar-refractivity contribution in [2.45, 2.75) is 18.5 Å². The number of amides is 1. The fourth-order valence-corrected chi connectivity index (χ4v) is 3.59. The van der Waals surface area contributed by atoms with Crippen molar-refractivity contribution in [3.63, 3.8) is 0 Å². The van der Waals surface area contributed by atoms with Gasteiger partial charge in [-0.25, -0.2) is 4.39 Å². The van der Waals surface area contributed by atoms with E-state index in [1.54, 1.807) is 18.2 Å². The molecule has 1 aliphatic heterocycles. The van der Waals surface area contributed by atoms with Gasteiger partial charge in [0.15, 0.2) is 0 Å². The van der Waals surface area contributed by atoms with Gasteiger partial charge in [0.2, 0.25) is 5.91 Å². The smallest absolute Gasteiger partial charge is 0.369 e. The molecule has 2 unspecified atom stereocenters. The largest absolute Gasteiger partial charge is 0.416 e. The number of nitrogens with two attached hydrogens (primary N) is 1. The predicted octanol–water partition coefficient (Wildman–Crippen LogP) is 3.59. The number of hydrogen-bond donors (Lipinski definition) is 1. The highest BCUT2D eigenvalue weighted by Gasteiger charge is 2.38. The van der Waals surface area contributed by atoms with E-state index in [2.05, 4.69) is 0 Å². The fraction of sp³-hybridized carbons (Fsp3) is 0.350. The van der Waals surface area contributed by atoms with E-state index in [4.69, 9.17) is 5.73 Å². The van der Waals surface area contributed by atoms with Crippen molar-refractivity contribution in [3.05, 3.63) is 71.0 Å². The monoisotopic (exact) mass is 380 g/mol. The van der Waals surface area contributed by atoms with E-state index >= 15 is 0 Å². The second-order valence-corrected chi connectivity index (χ2v) is 6.84. The van der Waals surface area contributed by atoms with Gasteiger partial charge in [0.1, 0.15) is 5.82 Å². The van der Waals surface area contributed by atoms with Crippen molar-refractivity contribution >= 4 is 5.91 Å². The van der Waals surface area contributed by atoms with Gasteiger partial charge in [-0.1, -0.05) is 30.3 Å². The van der Waals surface area contributed by atoms with Gasteiger partial charge in [-0.05, 0) is 35.7 Å². The zero-order valence-corrected chi connectivity index (χ0v) is 14.5. The van der Waals surface area contributed by atoms with Crippen LogP contribution in [0.4, 0.5) is 17.6 Å². The molecule has 0 aromatic heterocycles. The molecule has 0 bridgehead atoms. The summed E-state index contributed by atoms with van der Waals surface area (Å²) < 4.78 is 52.0. The lowest BCUT2D eigenvalue weighted by molar-refractivity contribution is -0.137. The molecular weight excluding hydrogens is 360 g/mol. The summed E-state index contributed by atoms with van der Waals surface area (Å²) in [7, 11) is 0. The summed E-state index contributed by atoms with van der Waals surface area (Å²) in [5, 5.41) is 0. The van der Waals surface area contributed by atoms with Gasteiger partial charge in [0, 0.05) is 25.6 Å². The molecule has 2 atom stereocenters. The summed E-state index contributed by atoms with van der Waals surface area (Å²) in [5.41, 5.74) is 6.03. The molecule has 2 aromatic carbocycles. The molecule has 0 aliphatic carbocycles. The topological polar surface area (TPSA) is 46.3 Å². The molecule has 0 radical (unpaired) electrons. The number of carbonyl (C=O) groups is 1. The van der Waals surface area contributed by atoms with E-state index in [1.807, 2.05) is 4.90 Å². The van der Waals surface area contributed by atoms with Crippen LogP contribution in [0.1, 0.15) is 22.6 Å². The summed E-state index contributed by atoms with van der Waals surface area (Å²) >= 11 is 0. The minimum atomic E-state index is -4.40. The summed E-state index contributed by atoms with van der Waals surface area (Å²) in [6, 6.07) is 11.4. The van der Waals surface area contributed by atoms with Crippen molar-refractivity contribution in [2.24, 2.45) is 11.7 Å². The number of hydrogen-bond acceptors (Lipinski definition) is 2. The fourth-order valence-electron chi connectivity index (χ4n) is 3.59. The van der Waals surface area contributed by atoms with Gasteiger partial charge in [0.05, 0.1) is 11.5 Å². The number of primary amides is 1. The predicted molar refractivity (Wildman–Crippen MR) is 93.4 cm³/mol. The molecule has 3 nitrogen and oxygen atoms in total. The molecule has 1 aliphatic rings. The normalized spacial score (nSPS) is 20.7. The van der Waals surface area contributed by atoms with Crippen LogP contribution in [-0.2, 0) is 17.4 Å². The van der Waals surface area contributed by atoms with Crippen LogP contribution in [0.5, 0.6) is 0 Å². The number of rotatable bonds is 5. The van der Waals surface area contributed by atoms with Crippen LogP contribution < -0.4 is 5.73 Å². The van der Waals surface area contributed by atoms with E-state index in [1.165, 1.54) is 18.2 Å². The minimum absolute atomic E-state index is 0.273. The molecule has 1 fully saturated rings. The standard InChI is InChI=1S/C20H20F4N2O/c21-18-4-2-1-3-14(18)9-10-26-11-16(17(12-26)19(25)27)13-5-7-15(8-6-13)20(22,23)24/h1-8,16-17H,9-12H2,(H2,25,27). The Morgan fingerprint density at radius 1 is 1.07 bits per heavy atom. The molecule has 2 aromatic rings. The number of halogens is 4. The summed E-state index contributed by atoms with van der Waals surface area (Å²) in [6.07, 6.45) is -3.92. The Kier molecular flexibility index (Phi) is 5.51. The highest BCUT2D eigenvalue weighted by molar-refractivity contribution is 5.78. The third kappa shape index (κ3) is 4.47. The summed E-state index contributed by atoms with van der Waals surface area (Å²) in [5.74, 6) is -1.51. The lowest BCUT2D eigenvalue weighted by Crippen LogP contribution is -2.30. The second-order valence-electron chi connectivity index (χ2n) is 6.84. The van der Waals surface area contributed by atoms with E-state index in [0.717, 1.165) is 12.1 Å². The zero-order valence-electron chi connectivity index (χ0n) is 14.5. The molecule has 0 saturated carbocycles. The average Bonchev–Trinajstić information content (AvgIpc) is 3.05. The Bertz CT molecular complexity index is 804. The Morgan fingerprint density at radius 3 is 2.33 bits per heavy atom. The van der Waals surface area contributed by atoms with E-state index in [-0.39, 0.29) is 11.7 Å². The van der Waals surface area contributed by atoms with Crippen LogP contribution in [0.2, 0.25) is 0 Å². The molecule has 1 saturated heterocycles. The van der Waals surface area contributed by atoms with Gasteiger partial charge in [-0.15, -0.1) is 0 Å². The average molecular weight is 380 g/mol. The van der Waals surface area contributed by atoms with Crippen LogP contribution in [0.3, 0.4) is 0 Å². The lowest BCUT2D eigenvalue weighted by Gasteiger charge is -2.17. The maximum absolute atomic E-state index is 13.8. The zero-order chi connectivity index (χ0) is 19.6. The molecule has 2 N–H and O–H groups in total. The van der Waals surface area contributed by atoms with E-state index in [9.17, 15) is 22.4 Å². The van der Waals surface area contributed by atoms with E-state index in [0.29, 0.717) is 37.2 Å². The van der Waals surface area contributed by atoms with Gasteiger partial charge >= 0.3 is 6.18 Å². The number of alkyl halides is 3. The Balaban J connectivity index is 1.71. The van der Waals surface area contributed by atoms with Gasteiger partial charge in [-0.3, -0.25) is 4.79 Å². The van der Waals surface area contributed by atoms with Gasteiger partial charge < -0.3 is 10.6 Å². The molecule has 144 valence electrons. The highest BCUT2D eigenvalue weighted by Crippen LogP contribution is 2.35. The quantitative estimate of drug-likeness (QED) is 0.806. The Hall–Kier alpha value is -2.41. The number of carbonyl (C=O) groups excluding carboxylic acids is 1. The van der Waals surface area contributed by atoms with Crippen LogP contribution in [0, 0.1) is 11.7 Å². The van der Waals surface area contributed by atoms with Crippen molar-refractivity contribution in [1.82, 2.24) is 4.90 Å². The van der Waals surface area contributed by atoms with Crippen LogP contribution in [0.25, 0.3) is 0 Å². The first-order chi connectivity index (χ1) is 12.8. The third-order valence-corrected chi connectivity index (χ3v) is 5.08. The summed E-state index contributed by atoms with van der Waals surface area (Å²) in [6.45, 7) is 1.45. The molecule has 7 heteroatoms. The summed E-state index contributed by atoms with van der Waals surface area (Å²) in [4.78, 5) is 13.8. The van der Waals surface area contributed by atoms with Crippen LogP contribution in [0.15, 0.2) is 48.5 Å². The number of benzene rings is 2. The SMILES string of the molecule is NC(=O)C1CN(CCc2ccccc2F)CC1c1ccc(C(F)(F)F)cc1. The maximum atomic E-state index is 13.8. The van der Waals surface area contributed by atoms with Crippen molar-refractivity contribution in [1.29, 1.82) is 0 Å². The van der Waals surface area contributed by atoms with Gasteiger partial charge in [-0.2, -0.15) is 13.2 Å². The first-order valence-electron chi connectivity index (χ1n) is 8.68.